The van der Waals surface area contributed by atoms with Gasteiger partial charge in [0.25, 0.3) is 0 Å². The van der Waals surface area contributed by atoms with E-state index in [1.807, 2.05) is 69.3 Å². The van der Waals surface area contributed by atoms with E-state index < -0.39 is 0 Å². The van der Waals surface area contributed by atoms with Crippen LogP contribution in [-0.4, -0.2) is 22.4 Å². The van der Waals surface area contributed by atoms with E-state index in [-0.39, 0.29) is 52.6 Å². The maximum atomic E-state index is 13.4. The summed E-state index contributed by atoms with van der Waals surface area (Å²) < 4.78 is 0. The Bertz CT molecular complexity index is 1550. The smallest absolute Gasteiger partial charge is 0.872 e. The van der Waals surface area contributed by atoms with Crippen molar-refractivity contribution in [3.05, 3.63) is 107 Å². The molecule has 0 unspecified atom stereocenters. The predicted molar refractivity (Wildman–Crippen MR) is 190 cm³/mol. The van der Waals surface area contributed by atoms with Gasteiger partial charge in [0.1, 0.15) is 5.69 Å². The Labute approximate surface area is 295 Å². The van der Waals surface area contributed by atoms with E-state index in [0.29, 0.717) is 22.6 Å². The SMILES string of the molecule is CC(C)(C)c1cc(C=Nc2cccnc2/N=C/c2cc(C(C)(C)C)cc(C(C)(C)C)c2[O-])c([O-])c(C(C)(C)C)c1.[Zn+2].c1ccncc1. The van der Waals surface area contributed by atoms with E-state index in [1.165, 1.54) is 0 Å². The topological polar surface area (TPSA) is 96.6 Å². The third kappa shape index (κ3) is 10.9. The van der Waals surface area contributed by atoms with E-state index in [0.717, 1.165) is 22.3 Å². The molecular formula is C40H50N4O2Zn. The molecule has 4 aromatic rings. The first-order valence-electron chi connectivity index (χ1n) is 15.8. The van der Waals surface area contributed by atoms with Gasteiger partial charge in [-0.3, -0.25) is 9.98 Å². The Morgan fingerprint density at radius 1 is 0.553 bits per heavy atom. The first kappa shape index (κ1) is 39.5. The molecule has 0 aliphatic carbocycles. The molecule has 7 heteroatoms. The minimum absolute atomic E-state index is 0. The molecule has 0 bridgehead atoms. The number of rotatable bonds is 4. The van der Waals surface area contributed by atoms with Gasteiger partial charge >= 0.3 is 19.5 Å². The minimum atomic E-state index is -0.301. The van der Waals surface area contributed by atoms with Crippen molar-refractivity contribution in [1.29, 1.82) is 0 Å². The third-order valence-corrected chi connectivity index (χ3v) is 7.58. The summed E-state index contributed by atoms with van der Waals surface area (Å²) in [6, 6.07) is 17.2. The summed E-state index contributed by atoms with van der Waals surface area (Å²) in [5, 5.41) is 26.8. The van der Waals surface area contributed by atoms with E-state index in [4.69, 9.17) is 0 Å². The zero-order valence-electron chi connectivity index (χ0n) is 30.4. The molecule has 47 heavy (non-hydrogen) atoms. The molecule has 0 aliphatic rings. The molecule has 0 saturated carbocycles. The van der Waals surface area contributed by atoms with Crippen LogP contribution in [-0.2, 0) is 41.1 Å². The summed E-state index contributed by atoms with van der Waals surface area (Å²) in [5.41, 5.74) is 4.42. The van der Waals surface area contributed by atoms with E-state index >= 15 is 0 Å². The monoisotopic (exact) mass is 682 g/mol. The molecule has 0 fully saturated rings. The van der Waals surface area contributed by atoms with Crippen molar-refractivity contribution < 1.29 is 29.7 Å². The quantitative estimate of drug-likeness (QED) is 0.158. The molecule has 2 aromatic carbocycles. The first-order valence-corrected chi connectivity index (χ1v) is 15.8. The van der Waals surface area contributed by atoms with E-state index in [2.05, 4.69) is 82.3 Å². The fourth-order valence-corrected chi connectivity index (χ4v) is 4.65. The van der Waals surface area contributed by atoms with Crippen LogP contribution in [0.15, 0.2) is 83.2 Å². The van der Waals surface area contributed by atoms with Crippen molar-refractivity contribution in [2.75, 3.05) is 0 Å². The van der Waals surface area contributed by atoms with Crippen molar-refractivity contribution in [2.45, 2.75) is 105 Å². The van der Waals surface area contributed by atoms with Crippen molar-refractivity contribution >= 4 is 23.9 Å². The number of hydrogen-bond acceptors (Lipinski definition) is 6. The second kappa shape index (κ2) is 15.5. The zero-order valence-corrected chi connectivity index (χ0v) is 33.4. The number of benzene rings is 2. The number of aromatic nitrogens is 2. The molecule has 0 N–H and O–H groups in total. The normalized spacial score (nSPS) is 12.5. The van der Waals surface area contributed by atoms with Gasteiger partial charge in [-0.25, -0.2) is 9.98 Å². The van der Waals surface area contributed by atoms with Crippen molar-refractivity contribution in [3.63, 3.8) is 0 Å². The van der Waals surface area contributed by atoms with E-state index in [1.54, 1.807) is 37.1 Å². The van der Waals surface area contributed by atoms with E-state index in [9.17, 15) is 10.2 Å². The third-order valence-electron chi connectivity index (χ3n) is 7.58. The standard InChI is InChI=1S/C35H47N3O2.C5H5N.Zn/c1-32(2,3)24-16-22(29(39)26(18-24)34(7,8)9)20-37-28-14-13-15-36-31(28)38-21-23-17-25(33(4,5)6)19-27(30(23)40)35(10,11)12;1-2-4-6-5-3-1;/h13-21,39-40H,1-12H3;1-5H;/q;;+2/p-2/b37-20?,38-21+;;. The van der Waals surface area contributed by atoms with Gasteiger partial charge in [-0.1, -0.05) is 125 Å². The van der Waals surface area contributed by atoms with Gasteiger partial charge in [-0.05, 0) is 79.3 Å². The van der Waals surface area contributed by atoms with Crippen LogP contribution in [0.3, 0.4) is 0 Å². The number of pyridine rings is 2. The second-order valence-corrected chi connectivity index (χ2v) is 15.8. The summed E-state index contributed by atoms with van der Waals surface area (Å²) in [6.07, 6.45) is 8.35. The summed E-state index contributed by atoms with van der Waals surface area (Å²) in [4.78, 5) is 17.5. The van der Waals surface area contributed by atoms with Gasteiger partial charge in [0, 0.05) is 31.0 Å². The minimum Gasteiger partial charge on any atom is -0.872 e. The van der Waals surface area contributed by atoms with Crippen LogP contribution in [0.2, 0.25) is 0 Å². The molecule has 2 aromatic heterocycles. The van der Waals surface area contributed by atoms with Crippen molar-refractivity contribution in [2.24, 2.45) is 9.98 Å². The van der Waals surface area contributed by atoms with Crippen LogP contribution in [0.5, 0.6) is 11.5 Å². The van der Waals surface area contributed by atoms with Crippen LogP contribution in [0, 0.1) is 0 Å². The second-order valence-electron chi connectivity index (χ2n) is 15.8. The van der Waals surface area contributed by atoms with Crippen LogP contribution in [0.25, 0.3) is 0 Å². The fourth-order valence-electron chi connectivity index (χ4n) is 4.65. The summed E-state index contributed by atoms with van der Waals surface area (Å²) >= 11 is 0. The average molecular weight is 684 g/mol. The van der Waals surface area contributed by atoms with Gasteiger partial charge in [-0.15, -0.1) is 0 Å². The van der Waals surface area contributed by atoms with Gasteiger partial charge in [0.05, 0.1) is 0 Å². The Morgan fingerprint density at radius 3 is 1.36 bits per heavy atom. The van der Waals surface area contributed by atoms with Crippen LogP contribution in [0.4, 0.5) is 11.5 Å². The maximum Gasteiger partial charge on any atom is 2.00 e. The molecule has 2 heterocycles. The Balaban J connectivity index is 0.000000983. The summed E-state index contributed by atoms with van der Waals surface area (Å²) in [6.45, 7) is 25.1. The molecule has 4 rings (SSSR count). The molecule has 6 nitrogen and oxygen atoms in total. The Kier molecular flexibility index (Phi) is 13.0. The van der Waals surface area contributed by atoms with Crippen LogP contribution >= 0.6 is 0 Å². The number of nitrogens with zero attached hydrogens (tertiary/aromatic N) is 4. The molecule has 0 atom stereocenters. The number of aliphatic imine (C=N–C) groups is 2. The van der Waals surface area contributed by atoms with Gasteiger partial charge in [-0.2, -0.15) is 0 Å². The van der Waals surface area contributed by atoms with Crippen LogP contribution < -0.4 is 10.2 Å². The summed E-state index contributed by atoms with van der Waals surface area (Å²) in [5.74, 6) is 0.324. The van der Waals surface area contributed by atoms with Gasteiger partial charge in [0.2, 0.25) is 0 Å². The van der Waals surface area contributed by atoms with Gasteiger partial charge < -0.3 is 10.2 Å². The molecule has 0 saturated heterocycles. The van der Waals surface area contributed by atoms with Gasteiger partial charge in [0.15, 0.2) is 5.82 Å². The Morgan fingerprint density at radius 2 is 1.00 bits per heavy atom. The molecule has 0 aliphatic heterocycles. The van der Waals surface area contributed by atoms with Crippen molar-refractivity contribution in [3.8, 4) is 11.5 Å². The molecular weight excluding hydrogens is 634 g/mol. The molecule has 0 spiro atoms. The van der Waals surface area contributed by atoms with Crippen molar-refractivity contribution in [1.82, 2.24) is 9.97 Å². The average Bonchev–Trinajstić information content (AvgIpc) is 2.95. The zero-order chi connectivity index (χ0) is 34.5. The largest absolute Gasteiger partial charge is 2.00 e. The van der Waals surface area contributed by atoms with Crippen LogP contribution in [0.1, 0.15) is 116 Å². The molecule has 0 radical (unpaired) electrons. The maximum absolute atomic E-state index is 13.4. The molecule has 244 valence electrons. The number of hydrogen-bond donors (Lipinski definition) is 0. The first-order chi connectivity index (χ1) is 21.2. The molecule has 0 amide bonds. The Hall–Kier alpha value is -3.70. The fraction of sp³-hybridized carbons (Fsp3) is 0.400. The predicted octanol–water partition coefficient (Wildman–Crippen LogP) is 9.00. The summed E-state index contributed by atoms with van der Waals surface area (Å²) in [7, 11) is 0.